The normalized spacial score (nSPS) is 9.62. The predicted molar refractivity (Wildman–Crippen MR) is 43.2 cm³/mol. The second kappa shape index (κ2) is 3.70. The molecule has 0 aliphatic heterocycles. The topological polar surface area (TPSA) is 84.2 Å². The Balaban J connectivity index is 2.54. The number of aliphatic carboxylic acids is 1. The van der Waals surface area contributed by atoms with Crippen molar-refractivity contribution >= 4 is 11.9 Å². The summed E-state index contributed by atoms with van der Waals surface area (Å²) in [5.41, 5.74) is 0.212. The minimum Gasteiger partial charge on any atom is -0.480 e. The number of carboxylic acids is 1. The van der Waals surface area contributed by atoms with E-state index in [4.69, 9.17) is 5.11 Å². The maximum Gasteiger partial charge on any atom is 0.322 e. The molecule has 0 saturated heterocycles. The van der Waals surface area contributed by atoms with E-state index in [1.165, 1.54) is 12.5 Å². The van der Waals surface area contributed by atoms with E-state index in [1.54, 1.807) is 11.6 Å². The number of rotatable bonds is 3. The minimum absolute atomic E-state index is 0.212. The third kappa shape index (κ3) is 2.58. The molecule has 1 aromatic rings. The zero-order valence-electron chi connectivity index (χ0n) is 7.02. The molecule has 0 aromatic carbocycles. The summed E-state index contributed by atoms with van der Waals surface area (Å²) < 4.78 is 1.61. The van der Waals surface area contributed by atoms with Crippen molar-refractivity contribution in [3.8, 4) is 0 Å². The molecule has 6 heteroatoms. The first-order chi connectivity index (χ1) is 6.09. The van der Waals surface area contributed by atoms with Crippen LogP contribution in [0.3, 0.4) is 0 Å². The summed E-state index contributed by atoms with van der Waals surface area (Å²) in [5, 5.41) is 10.5. The maximum absolute atomic E-state index is 11.1. The zero-order valence-corrected chi connectivity index (χ0v) is 7.02. The Labute approximate surface area is 74.2 Å². The van der Waals surface area contributed by atoms with Crippen LogP contribution >= 0.6 is 0 Å². The Morgan fingerprint density at radius 2 is 2.38 bits per heavy atom. The standard InChI is InChI=1S/C7H9N3O3/c1-10-3-5(9-4-10)7(13)8-2-6(11)12/h3-4H,2H2,1H3,(H,8,13)(H,11,12). The first kappa shape index (κ1) is 9.24. The molecule has 0 saturated carbocycles. The number of amides is 1. The fraction of sp³-hybridized carbons (Fsp3) is 0.286. The number of hydrogen-bond donors (Lipinski definition) is 2. The monoisotopic (exact) mass is 183 g/mol. The highest BCUT2D eigenvalue weighted by molar-refractivity contribution is 5.93. The Morgan fingerprint density at radius 1 is 1.69 bits per heavy atom. The van der Waals surface area contributed by atoms with E-state index in [0.29, 0.717) is 0 Å². The molecule has 1 aromatic heterocycles. The molecular weight excluding hydrogens is 174 g/mol. The summed E-state index contributed by atoms with van der Waals surface area (Å²) >= 11 is 0. The molecule has 0 aliphatic carbocycles. The third-order valence-corrected chi connectivity index (χ3v) is 1.34. The predicted octanol–water partition coefficient (Wildman–Crippen LogP) is -0.765. The molecule has 1 amide bonds. The second-order valence-electron chi connectivity index (χ2n) is 2.50. The lowest BCUT2D eigenvalue weighted by molar-refractivity contribution is -0.135. The number of hydrogen-bond acceptors (Lipinski definition) is 3. The number of nitrogens with zero attached hydrogens (tertiary/aromatic N) is 2. The average molecular weight is 183 g/mol. The zero-order chi connectivity index (χ0) is 9.84. The molecular formula is C7H9N3O3. The Bertz CT molecular complexity index is 331. The van der Waals surface area contributed by atoms with Gasteiger partial charge in [-0.2, -0.15) is 0 Å². The number of carbonyl (C=O) groups is 2. The molecule has 1 heterocycles. The van der Waals surface area contributed by atoms with Crippen LogP contribution in [0.25, 0.3) is 0 Å². The Kier molecular flexibility index (Phi) is 2.63. The van der Waals surface area contributed by atoms with Gasteiger partial charge in [-0.3, -0.25) is 9.59 Å². The van der Waals surface area contributed by atoms with Crippen LogP contribution in [0.5, 0.6) is 0 Å². The lowest BCUT2D eigenvalue weighted by Gasteiger charge is -1.97. The van der Waals surface area contributed by atoms with Crippen molar-refractivity contribution in [1.29, 1.82) is 0 Å². The third-order valence-electron chi connectivity index (χ3n) is 1.34. The largest absolute Gasteiger partial charge is 0.480 e. The lowest BCUT2D eigenvalue weighted by atomic mass is 10.4. The van der Waals surface area contributed by atoms with Crippen LogP contribution in [-0.4, -0.2) is 33.1 Å². The van der Waals surface area contributed by atoms with Crippen LogP contribution in [0.2, 0.25) is 0 Å². The first-order valence-electron chi connectivity index (χ1n) is 3.57. The van der Waals surface area contributed by atoms with Crippen LogP contribution in [-0.2, 0) is 11.8 Å². The number of carboxylic acid groups (broad SMARTS) is 1. The van der Waals surface area contributed by atoms with Gasteiger partial charge in [0, 0.05) is 13.2 Å². The highest BCUT2D eigenvalue weighted by atomic mass is 16.4. The van der Waals surface area contributed by atoms with Crippen molar-refractivity contribution in [2.24, 2.45) is 7.05 Å². The molecule has 0 atom stereocenters. The van der Waals surface area contributed by atoms with Gasteiger partial charge in [0.2, 0.25) is 0 Å². The summed E-state index contributed by atoms with van der Waals surface area (Å²) in [4.78, 5) is 25.0. The maximum atomic E-state index is 11.1. The van der Waals surface area contributed by atoms with Gasteiger partial charge in [0.1, 0.15) is 12.2 Å². The molecule has 1 rings (SSSR count). The van der Waals surface area contributed by atoms with Gasteiger partial charge in [-0.25, -0.2) is 4.98 Å². The van der Waals surface area contributed by atoms with E-state index >= 15 is 0 Å². The van der Waals surface area contributed by atoms with Gasteiger partial charge >= 0.3 is 5.97 Å². The van der Waals surface area contributed by atoms with Crippen LogP contribution in [0, 0.1) is 0 Å². The van der Waals surface area contributed by atoms with Gasteiger partial charge in [-0.15, -0.1) is 0 Å². The SMILES string of the molecule is Cn1cnc(C(=O)NCC(=O)O)c1. The van der Waals surface area contributed by atoms with Gasteiger partial charge in [0.15, 0.2) is 0 Å². The van der Waals surface area contributed by atoms with Gasteiger partial charge in [0.05, 0.1) is 6.33 Å². The average Bonchev–Trinajstić information content (AvgIpc) is 2.47. The highest BCUT2D eigenvalue weighted by Gasteiger charge is 2.08. The molecule has 13 heavy (non-hydrogen) atoms. The van der Waals surface area contributed by atoms with Crippen LogP contribution < -0.4 is 5.32 Å². The summed E-state index contributed by atoms with van der Waals surface area (Å²) in [7, 11) is 1.72. The number of carbonyl (C=O) groups excluding carboxylic acids is 1. The summed E-state index contributed by atoms with van der Waals surface area (Å²) in [6, 6.07) is 0. The molecule has 6 nitrogen and oxygen atoms in total. The molecule has 0 fully saturated rings. The molecule has 0 radical (unpaired) electrons. The van der Waals surface area contributed by atoms with Crippen molar-refractivity contribution in [3.05, 3.63) is 18.2 Å². The second-order valence-corrected chi connectivity index (χ2v) is 2.50. The van der Waals surface area contributed by atoms with E-state index in [-0.39, 0.29) is 5.69 Å². The van der Waals surface area contributed by atoms with Gasteiger partial charge in [-0.05, 0) is 0 Å². The first-order valence-corrected chi connectivity index (χ1v) is 3.57. The van der Waals surface area contributed by atoms with E-state index in [9.17, 15) is 9.59 Å². The summed E-state index contributed by atoms with van der Waals surface area (Å²) in [5.74, 6) is -1.56. The van der Waals surface area contributed by atoms with E-state index < -0.39 is 18.4 Å². The quantitative estimate of drug-likeness (QED) is 0.644. The van der Waals surface area contributed by atoms with E-state index in [0.717, 1.165) is 0 Å². The van der Waals surface area contributed by atoms with Gasteiger partial charge in [0.25, 0.3) is 5.91 Å². The Hall–Kier alpha value is -1.85. The highest BCUT2D eigenvalue weighted by Crippen LogP contribution is 1.92. The van der Waals surface area contributed by atoms with Crippen LogP contribution in [0.1, 0.15) is 10.5 Å². The van der Waals surface area contributed by atoms with Crippen molar-refractivity contribution in [2.45, 2.75) is 0 Å². The summed E-state index contributed by atoms with van der Waals surface area (Å²) in [6.45, 7) is -0.393. The fourth-order valence-corrected chi connectivity index (χ4v) is 0.777. The molecule has 0 unspecified atom stereocenters. The number of aromatic nitrogens is 2. The van der Waals surface area contributed by atoms with Crippen molar-refractivity contribution < 1.29 is 14.7 Å². The smallest absolute Gasteiger partial charge is 0.322 e. The molecule has 0 spiro atoms. The number of nitrogens with one attached hydrogen (secondary N) is 1. The summed E-state index contributed by atoms with van der Waals surface area (Å²) in [6.07, 6.45) is 2.98. The minimum atomic E-state index is -1.08. The molecule has 0 bridgehead atoms. The Morgan fingerprint density at radius 3 is 2.85 bits per heavy atom. The van der Waals surface area contributed by atoms with Crippen LogP contribution in [0.4, 0.5) is 0 Å². The van der Waals surface area contributed by atoms with Gasteiger partial charge < -0.3 is 15.0 Å². The van der Waals surface area contributed by atoms with E-state index in [1.807, 2.05) is 0 Å². The van der Waals surface area contributed by atoms with Crippen LogP contribution in [0.15, 0.2) is 12.5 Å². The fourth-order valence-electron chi connectivity index (χ4n) is 0.777. The van der Waals surface area contributed by atoms with Crippen molar-refractivity contribution in [3.63, 3.8) is 0 Å². The van der Waals surface area contributed by atoms with E-state index in [2.05, 4.69) is 10.3 Å². The lowest BCUT2D eigenvalue weighted by Crippen LogP contribution is -2.29. The van der Waals surface area contributed by atoms with Crippen molar-refractivity contribution in [2.75, 3.05) is 6.54 Å². The number of aryl methyl sites for hydroxylation is 1. The van der Waals surface area contributed by atoms with Crippen molar-refractivity contribution in [1.82, 2.24) is 14.9 Å². The molecule has 70 valence electrons. The number of imidazole rings is 1. The molecule has 0 aliphatic rings. The molecule has 2 N–H and O–H groups in total. The van der Waals surface area contributed by atoms with Gasteiger partial charge in [-0.1, -0.05) is 0 Å².